The zero-order chi connectivity index (χ0) is 11.1. The largest absolute Gasteiger partial charge is 0.453 e. The van der Waals surface area contributed by atoms with Crippen LogP contribution in [0.15, 0.2) is 21.2 Å². The van der Waals surface area contributed by atoms with Crippen molar-refractivity contribution in [3.8, 4) is 0 Å². The van der Waals surface area contributed by atoms with Crippen LogP contribution in [-0.2, 0) is 11.3 Å². The molecule has 0 aliphatic carbocycles. The summed E-state index contributed by atoms with van der Waals surface area (Å²) in [7, 11) is 0. The minimum Gasteiger partial charge on any atom is -0.453 e. The number of halogens is 1. The number of furan rings is 1. The summed E-state index contributed by atoms with van der Waals surface area (Å²) < 4.78 is 6.05. The molecule has 0 aliphatic rings. The fourth-order valence-corrected chi connectivity index (χ4v) is 1.55. The molecule has 1 aromatic rings. The van der Waals surface area contributed by atoms with Crippen molar-refractivity contribution in [1.29, 1.82) is 0 Å². The molecule has 84 valence electrons. The second-order valence-electron chi connectivity index (χ2n) is 3.31. The SMILES string of the molecule is NC(=O)CCCCNCc1ccc(Br)o1. The van der Waals surface area contributed by atoms with Gasteiger partial charge in [0.25, 0.3) is 0 Å². The van der Waals surface area contributed by atoms with E-state index >= 15 is 0 Å². The van der Waals surface area contributed by atoms with Gasteiger partial charge in [0.2, 0.25) is 5.91 Å². The van der Waals surface area contributed by atoms with Crippen molar-refractivity contribution in [3.05, 3.63) is 22.6 Å². The maximum absolute atomic E-state index is 10.4. The lowest BCUT2D eigenvalue weighted by atomic mass is 10.2. The molecular formula is C10H15BrN2O2. The van der Waals surface area contributed by atoms with E-state index in [9.17, 15) is 4.79 Å². The molecule has 0 saturated heterocycles. The second kappa shape index (κ2) is 6.63. The number of carbonyl (C=O) groups is 1. The molecule has 4 nitrogen and oxygen atoms in total. The van der Waals surface area contributed by atoms with Gasteiger partial charge in [-0.05, 0) is 47.4 Å². The molecule has 0 aromatic carbocycles. The van der Waals surface area contributed by atoms with Crippen LogP contribution in [0.25, 0.3) is 0 Å². The highest BCUT2D eigenvalue weighted by Gasteiger charge is 1.98. The molecule has 0 fully saturated rings. The van der Waals surface area contributed by atoms with Gasteiger partial charge in [-0.2, -0.15) is 0 Å². The molecule has 0 radical (unpaired) electrons. The predicted octanol–water partition coefficient (Wildman–Crippen LogP) is 1.79. The van der Waals surface area contributed by atoms with Crippen molar-refractivity contribution in [2.24, 2.45) is 5.73 Å². The van der Waals surface area contributed by atoms with E-state index in [2.05, 4.69) is 21.2 Å². The van der Waals surface area contributed by atoms with Crippen LogP contribution in [0.3, 0.4) is 0 Å². The van der Waals surface area contributed by atoms with E-state index in [0.717, 1.165) is 29.8 Å². The summed E-state index contributed by atoms with van der Waals surface area (Å²) in [6.45, 7) is 1.58. The first-order valence-corrected chi connectivity index (χ1v) is 5.71. The summed E-state index contributed by atoms with van der Waals surface area (Å²) in [6.07, 6.45) is 2.25. The Morgan fingerprint density at radius 1 is 1.47 bits per heavy atom. The normalized spacial score (nSPS) is 10.5. The smallest absolute Gasteiger partial charge is 0.217 e. The van der Waals surface area contributed by atoms with E-state index in [1.54, 1.807) is 0 Å². The Morgan fingerprint density at radius 3 is 2.87 bits per heavy atom. The molecule has 15 heavy (non-hydrogen) atoms. The molecule has 1 heterocycles. The van der Waals surface area contributed by atoms with Crippen LogP contribution in [-0.4, -0.2) is 12.5 Å². The maximum atomic E-state index is 10.4. The Hall–Kier alpha value is -0.810. The molecule has 0 unspecified atom stereocenters. The number of primary amides is 1. The zero-order valence-electron chi connectivity index (χ0n) is 8.46. The summed E-state index contributed by atoms with van der Waals surface area (Å²) in [5.41, 5.74) is 5.02. The Morgan fingerprint density at radius 2 is 2.27 bits per heavy atom. The minimum absolute atomic E-state index is 0.232. The molecular weight excluding hydrogens is 260 g/mol. The van der Waals surface area contributed by atoms with Gasteiger partial charge in [-0.15, -0.1) is 0 Å². The maximum Gasteiger partial charge on any atom is 0.217 e. The Labute approximate surface area is 97.3 Å². The standard InChI is InChI=1S/C10H15BrN2O2/c11-9-5-4-8(15-9)7-13-6-2-1-3-10(12)14/h4-5,13H,1-3,6-7H2,(H2,12,14). The zero-order valence-corrected chi connectivity index (χ0v) is 10.0. The first-order chi connectivity index (χ1) is 7.18. The topological polar surface area (TPSA) is 68.3 Å². The number of hydrogen-bond acceptors (Lipinski definition) is 3. The summed E-state index contributed by atoms with van der Waals surface area (Å²) in [5, 5.41) is 3.22. The fourth-order valence-electron chi connectivity index (χ4n) is 1.21. The number of carbonyl (C=O) groups excluding carboxylic acids is 1. The number of hydrogen-bond donors (Lipinski definition) is 2. The van der Waals surface area contributed by atoms with E-state index in [4.69, 9.17) is 10.2 Å². The van der Waals surface area contributed by atoms with E-state index in [0.29, 0.717) is 13.0 Å². The van der Waals surface area contributed by atoms with Gasteiger partial charge < -0.3 is 15.5 Å². The summed E-state index contributed by atoms with van der Waals surface area (Å²) in [4.78, 5) is 10.4. The Bertz CT molecular complexity index is 312. The van der Waals surface area contributed by atoms with E-state index in [-0.39, 0.29) is 5.91 Å². The Balaban J connectivity index is 2.00. The van der Waals surface area contributed by atoms with Crippen LogP contribution in [0.5, 0.6) is 0 Å². The highest BCUT2D eigenvalue weighted by molar-refractivity contribution is 9.10. The first kappa shape index (κ1) is 12.3. The average molecular weight is 275 g/mol. The van der Waals surface area contributed by atoms with Crippen molar-refractivity contribution in [1.82, 2.24) is 5.32 Å². The van der Waals surface area contributed by atoms with Gasteiger partial charge in [0.15, 0.2) is 4.67 Å². The molecule has 0 aliphatic heterocycles. The molecule has 1 aromatic heterocycles. The van der Waals surface area contributed by atoms with E-state index in [1.165, 1.54) is 0 Å². The Kier molecular flexibility index (Phi) is 5.42. The van der Waals surface area contributed by atoms with Crippen LogP contribution in [0, 0.1) is 0 Å². The molecule has 0 bridgehead atoms. The monoisotopic (exact) mass is 274 g/mol. The minimum atomic E-state index is -0.232. The quantitative estimate of drug-likeness (QED) is 0.745. The predicted molar refractivity (Wildman–Crippen MR) is 61.2 cm³/mol. The van der Waals surface area contributed by atoms with Crippen molar-refractivity contribution in [2.75, 3.05) is 6.54 Å². The van der Waals surface area contributed by atoms with Crippen LogP contribution in [0.1, 0.15) is 25.0 Å². The summed E-state index contributed by atoms with van der Waals surface area (Å²) >= 11 is 3.24. The number of rotatable bonds is 7. The number of unbranched alkanes of at least 4 members (excludes halogenated alkanes) is 1. The molecule has 0 saturated carbocycles. The fraction of sp³-hybridized carbons (Fsp3) is 0.500. The molecule has 0 atom stereocenters. The summed E-state index contributed by atoms with van der Waals surface area (Å²) in [6, 6.07) is 3.78. The number of nitrogens with two attached hydrogens (primary N) is 1. The van der Waals surface area contributed by atoms with Crippen LogP contribution >= 0.6 is 15.9 Å². The highest BCUT2D eigenvalue weighted by atomic mass is 79.9. The van der Waals surface area contributed by atoms with Crippen molar-refractivity contribution >= 4 is 21.8 Å². The molecule has 1 amide bonds. The average Bonchev–Trinajstić information content (AvgIpc) is 2.57. The number of amides is 1. The van der Waals surface area contributed by atoms with Crippen LogP contribution in [0.2, 0.25) is 0 Å². The highest BCUT2D eigenvalue weighted by Crippen LogP contribution is 2.13. The van der Waals surface area contributed by atoms with Gasteiger partial charge in [-0.25, -0.2) is 0 Å². The van der Waals surface area contributed by atoms with Gasteiger partial charge in [0.05, 0.1) is 6.54 Å². The summed E-state index contributed by atoms with van der Waals surface area (Å²) in [5.74, 6) is 0.668. The van der Waals surface area contributed by atoms with Gasteiger partial charge >= 0.3 is 0 Å². The molecule has 0 spiro atoms. The third-order valence-corrected chi connectivity index (χ3v) is 2.38. The van der Waals surface area contributed by atoms with Gasteiger partial charge in [-0.3, -0.25) is 4.79 Å². The van der Waals surface area contributed by atoms with E-state index < -0.39 is 0 Å². The van der Waals surface area contributed by atoms with Crippen molar-refractivity contribution < 1.29 is 9.21 Å². The van der Waals surface area contributed by atoms with Gasteiger partial charge in [0, 0.05) is 6.42 Å². The number of nitrogens with one attached hydrogen (secondary N) is 1. The van der Waals surface area contributed by atoms with E-state index in [1.807, 2.05) is 12.1 Å². The van der Waals surface area contributed by atoms with Crippen LogP contribution in [0.4, 0.5) is 0 Å². The third kappa shape index (κ3) is 5.59. The lowest BCUT2D eigenvalue weighted by Gasteiger charge is -2.01. The van der Waals surface area contributed by atoms with Crippen molar-refractivity contribution in [2.45, 2.75) is 25.8 Å². The lowest BCUT2D eigenvalue weighted by Crippen LogP contribution is -2.15. The van der Waals surface area contributed by atoms with Crippen molar-refractivity contribution in [3.63, 3.8) is 0 Å². The first-order valence-electron chi connectivity index (χ1n) is 4.91. The third-order valence-electron chi connectivity index (χ3n) is 1.95. The van der Waals surface area contributed by atoms with Crippen LogP contribution < -0.4 is 11.1 Å². The molecule has 5 heteroatoms. The van der Waals surface area contributed by atoms with Gasteiger partial charge in [0.1, 0.15) is 5.76 Å². The molecule has 1 rings (SSSR count). The lowest BCUT2D eigenvalue weighted by molar-refractivity contribution is -0.118. The molecule has 3 N–H and O–H groups in total. The van der Waals surface area contributed by atoms with Gasteiger partial charge in [-0.1, -0.05) is 0 Å². The second-order valence-corrected chi connectivity index (χ2v) is 4.09.